The Morgan fingerprint density at radius 1 is 1.06 bits per heavy atom. The lowest BCUT2D eigenvalue weighted by Gasteiger charge is -2.35. The lowest BCUT2D eigenvalue weighted by atomic mass is 10.1. The number of halogens is 1. The average molecular weight is 535 g/mol. The van der Waals surface area contributed by atoms with Crippen LogP contribution in [-0.2, 0) is 11.2 Å². The fourth-order valence-corrected chi connectivity index (χ4v) is 4.56. The summed E-state index contributed by atoms with van der Waals surface area (Å²) in [4.78, 5) is 17.9. The molecule has 3 rings (SSSR count). The van der Waals surface area contributed by atoms with Crippen molar-refractivity contribution in [2.45, 2.75) is 27.2 Å². The number of ether oxygens (including phenoxy) is 2. The molecule has 0 atom stereocenters. The Morgan fingerprint density at radius 3 is 2.36 bits per heavy atom. The summed E-state index contributed by atoms with van der Waals surface area (Å²) in [5.74, 6) is 0.828. The van der Waals surface area contributed by atoms with Crippen LogP contribution in [0.1, 0.15) is 31.9 Å². The molecule has 1 amide bonds. The minimum atomic E-state index is -0.234. The molecule has 0 aromatic heterocycles. The van der Waals surface area contributed by atoms with Crippen molar-refractivity contribution >= 4 is 44.7 Å². The van der Waals surface area contributed by atoms with E-state index in [2.05, 4.69) is 44.9 Å². The maximum Gasteiger partial charge on any atom is 0.262 e. The summed E-state index contributed by atoms with van der Waals surface area (Å²) >= 11 is 9.38. The predicted octanol–water partition coefficient (Wildman–Crippen LogP) is 4.74. The van der Waals surface area contributed by atoms with Gasteiger partial charge in [-0.05, 0) is 65.6 Å². The third kappa shape index (κ3) is 6.91. The molecule has 0 spiro atoms. The Hall–Kier alpha value is -2.16. The Morgan fingerprint density at radius 2 is 1.76 bits per heavy atom. The lowest BCUT2D eigenvalue weighted by Crippen LogP contribution is -2.48. The maximum absolute atomic E-state index is 12.4. The van der Waals surface area contributed by atoms with E-state index < -0.39 is 0 Å². The van der Waals surface area contributed by atoms with Crippen LogP contribution in [0, 0.1) is 0 Å². The Bertz CT molecular complexity index is 960. The van der Waals surface area contributed by atoms with E-state index in [1.54, 1.807) is 0 Å². The molecule has 1 aliphatic heterocycles. The average Bonchev–Trinajstić information content (AvgIpc) is 2.83. The number of carbonyl (C=O) groups excluding carboxylic acids is 1. The standard InChI is InChI=1S/C25H32BrN3O3S/c1-4-18-7-9-20(10-8-18)27-23(30)17-32-24-21(26)15-19(16-22(24)31-6-3)25(33)29-13-11-28(5-2)12-14-29/h7-10,15-16H,4-6,11-14,17H2,1-3H3,(H,27,30). The highest BCUT2D eigenvalue weighted by Gasteiger charge is 2.21. The molecule has 178 valence electrons. The molecule has 2 aromatic rings. The molecular formula is C25H32BrN3O3S. The number of thiocarbonyl (C=S) groups is 1. The first-order chi connectivity index (χ1) is 15.9. The van der Waals surface area contributed by atoms with Gasteiger partial charge in [0.1, 0.15) is 4.99 Å². The van der Waals surface area contributed by atoms with Crippen LogP contribution in [0.4, 0.5) is 5.69 Å². The van der Waals surface area contributed by atoms with E-state index in [1.165, 1.54) is 5.56 Å². The second-order valence-electron chi connectivity index (χ2n) is 7.83. The summed E-state index contributed by atoms with van der Waals surface area (Å²) in [6.07, 6.45) is 0.958. The van der Waals surface area contributed by atoms with E-state index in [0.29, 0.717) is 22.6 Å². The number of hydrogen-bond acceptors (Lipinski definition) is 5. The van der Waals surface area contributed by atoms with Gasteiger partial charge < -0.3 is 24.6 Å². The van der Waals surface area contributed by atoms with Gasteiger partial charge in [0.2, 0.25) is 0 Å². The zero-order valence-corrected chi connectivity index (χ0v) is 21.9. The Labute approximate surface area is 210 Å². The van der Waals surface area contributed by atoms with Crippen LogP contribution in [-0.4, -0.2) is 66.6 Å². The minimum absolute atomic E-state index is 0.128. The normalized spacial score (nSPS) is 14.1. The highest BCUT2D eigenvalue weighted by Crippen LogP contribution is 2.37. The van der Waals surface area contributed by atoms with Crippen molar-refractivity contribution in [1.82, 2.24) is 9.80 Å². The SMILES string of the molecule is CCOc1cc(C(=S)N2CCN(CC)CC2)cc(Br)c1OCC(=O)Nc1ccc(CC)cc1. The second kappa shape index (κ2) is 12.3. The molecule has 1 heterocycles. The molecule has 1 N–H and O–H groups in total. The summed E-state index contributed by atoms with van der Waals surface area (Å²) in [6, 6.07) is 11.6. The van der Waals surface area contributed by atoms with E-state index in [-0.39, 0.29) is 12.5 Å². The summed E-state index contributed by atoms with van der Waals surface area (Å²) in [5.41, 5.74) is 2.87. The van der Waals surface area contributed by atoms with Gasteiger partial charge in [-0.1, -0.05) is 38.2 Å². The fraction of sp³-hybridized carbons (Fsp3) is 0.440. The first-order valence-corrected chi connectivity index (χ1v) is 12.6. The summed E-state index contributed by atoms with van der Waals surface area (Å²) < 4.78 is 12.4. The molecule has 1 saturated heterocycles. The van der Waals surface area contributed by atoms with Crippen molar-refractivity contribution in [2.75, 3.05) is 51.3 Å². The molecule has 0 radical (unpaired) electrons. The van der Waals surface area contributed by atoms with Crippen molar-refractivity contribution in [3.05, 3.63) is 52.0 Å². The zero-order valence-electron chi connectivity index (χ0n) is 19.5. The monoisotopic (exact) mass is 533 g/mol. The van der Waals surface area contributed by atoms with Crippen LogP contribution in [0.5, 0.6) is 11.5 Å². The molecule has 33 heavy (non-hydrogen) atoms. The number of nitrogens with one attached hydrogen (secondary N) is 1. The third-order valence-corrected chi connectivity index (χ3v) is 6.74. The van der Waals surface area contributed by atoms with E-state index in [4.69, 9.17) is 21.7 Å². The van der Waals surface area contributed by atoms with Gasteiger partial charge in [-0.2, -0.15) is 0 Å². The molecule has 0 aliphatic carbocycles. The molecular weight excluding hydrogens is 502 g/mol. The summed E-state index contributed by atoms with van der Waals surface area (Å²) in [5, 5.41) is 2.86. The number of benzene rings is 2. The quantitative estimate of drug-likeness (QED) is 0.470. The number of piperazine rings is 1. The predicted molar refractivity (Wildman–Crippen MR) is 141 cm³/mol. The molecule has 2 aromatic carbocycles. The van der Waals surface area contributed by atoms with Gasteiger partial charge in [-0.3, -0.25) is 4.79 Å². The van der Waals surface area contributed by atoms with Gasteiger partial charge in [-0.25, -0.2) is 0 Å². The van der Waals surface area contributed by atoms with Gasteiger partial charge in [0, 0.05) is 37.4 Å². The molecule has 1 fully saturated rings. The van der Waals surface area contributed by atoms with Gasteiger partial charge in [0.05, 0.1) is 11.1 Å². The van der Waals surface area contributed by atoms with Crippen molar-refractivity contribution < 1.29 is 14.3 Å². The zero-order chi connectivity index (χ0) is 23.8. The number of hydrogen-bond donors (Lipinski definition) is 1. The van der Waals surface area contributed by atoms with Gasteiger partial charge in [0.25, 0.3) is 5.91 Å². The van der Waals surface area contributed by atoms with Gasteiger partial charge in [0.15, 0.2) is 18.1 Å². The first-order valence-electron chi connectivity index (χ1n) is 11.4. The number of carbonyl (C=O) groups is 1. The molecule has 0 bridgehead atoms. The van der Waals surface area contributed by atoms with Crippen molar-refractivity contribution in [3.63, 3.8) is 0 Å². The Balaban J connectivity index is 1.67. The number of rotatable bonds is 9. The number of likely N-dealkylation sites (N-methyl/N-ethyl adjacent to an activating group) is 1. The van der Waals surface area contributed by atoms with E-state index in [9.17, 15) is 4.79 Å². The van der Waals surface area contributed by atoms with E-state index >= 15 is 0 Å². The third-order valence-electron chi connectivity index (χ3n) is 5.66. The maximum atomic E-state index is 12.4. The van der Waals surface area contributed by atoms with Gasteiger partial charge in [-0.15, -0.1) is 0 Å². The Kier molecular flexibility index (Phi) is 9.52. The van der Waals surface area contributed by atoms with Crippen LogP contribution >= 0.6 is 28.1 Å². The van der Waals surface area contributed by atoms with Crippen molar-refractivity contribution in [1.29, 1.82) is 0 Å². The smallest absolute Gasteiger partial charge is 0.262 e. The number of anilines is 1. The highest BCUT2D eigenvalue weighted by atomic mass is 79.9. The van der Waals surface area contributed by atoms with Gasteiger partial charge >= 0.3 is 0 Å². The van der Waals surface area contributed by atoms with Crippen molar-refractivity contribution in [2.24, 2.45) is 0 Å². The molecule has 1 aliphatic rings. The van der Waals surface area contributed by atoms with E-state index in [1.807, 2.05) is 43.3 Å². The molecule has 8 heteroatoms. The largest absolute Gasteiger partial charge is 0.490 e. The van der Waals surface area contributed by atoms with Crippen LogP contribution < -0.4 is 14.8 Å². The molecule has 6 nitrogen and oxygen atoms in total. The topological polar surface area (TPSA) is 54.0 Å². The molecule has 0 unspecified atom stereocenters. The van der Waals surface area contributed by atoms with Crippen molar-refractivity contribution in [3.8, 4) is 11.5 Å². The van der Waals surface area contributed by atoms with Crippen LogP contribution in [0.15, 0.2) is 40.9 Å². The number of amides is 1. The minimum Gasteiger partial charge on any atom is -0.490 e. The lowest BCUT2D eigenvalue weighted by molar-refractivity contribution is -0.118. The molecule has 0 saturated carbocycles. The second-order valence-corrected chi connectivity index (χ2v) is 9.07. The van der Waals surface area contributed by atoms with Crippen LogP contribution in [0.2, 0.25) is 0 Å². The summed E-state index contributed by atoms with van der Waals surface area (Å²) in [7, 11) is 0. The summed E-state index contributed by atoms with van der Waals surface area (Å²) in [6.45, 7) is 11.4. The first kappa shape index (κ1) is 25.5. The van der Waals surface area contributed by atoms with Crippen LogP contribution in [0.25, 0.3) is 0 Å². The van der Waals surface area contributed by atoms with E-state index in [0.717, 1.165) is 55.4 Å². The highest BCUT2D eigenvalue weighted by molar-refractivity contribution is 9.10. The fourth-order valence-electron chi connectivity index (χ4n) is 3.70. The number of aryl methyl sites for hydroxylation is 1. The van der Waals surface area contributed by atoms with Crippen LogP contribution in [0.3, 0.4) is 0 Å². The number of nitrogens with zero attached hydrogens (tertiary/aromatic N) is 2.